The maximum absolute atomic E-state index is 13.4. The highest BCUT2D eigenvalue weighted by molar-refractivity contribution is 5.84. The third kappa shape index (κ3) is 8.34. The minimum Gasteiger partial charge on any atom is -0.444 e. The van der Waals surface area contributed by atoms with E-state index in [-0.39, 0.29) is 12.3 Å². The Kier molecular flexibility index (Phi) is 9.51. The summed E-state index contributed by atoms with van der Waals surface area (Å²) in [5.74, 6) is -1.46. The molecule has 35 heavy (non-hydrogen) atoms. The molecule has 0 aromatic carbocycles. The Morgan fingerprint density at radius 1 is 1.29 bits per heavy atom. The summed E-state index contributed by atoms with van der Waals surface area (Å²) < 4.78 is 17.5. The first-order chi connectivity index (χ1) is 16.2. The molecular formula is C28H44N2O5. The van der Waals surface area contributed by atoms with Gasteiger partial charge < -0.3 is 19.5 Å². The fraction of sp³-hybridized carbons (Fsp3) is 0.679. The summed E-state index contributed by atoms with van der Waals surface area (Å²) >= 11 is 0. The van der Waals surface area contributed by atoms with Gasteiger partial charge in [-0.15, -0.1) is 0 Å². The maximum Gasteiger partial charge on any atom is 0.407 e. The molecule has 7 heteroatoms. The highest BCUT2D eigenvalue weighted by Crippen LogP contribution is 2.39. The lowest BCUT2D eigenvalue weighted by atomic mass is 9.83. The fourth-order valence-corrected chi connectivity index (χ4v) is 4.21. The Labute approximate surface area is 211 Å². The van der Waals surface area contributed by atoms with Gasteiger partial charge in [0.15, 0.2) is 5.60 Å². The number of hydrogen-bond donors (Lipinski definition) is 1. The van der Waals surface area contributed by atoms with E-state index in [1.807, 2.05) is 33.0 Å². The SMILES string of the molecule is CCCC/C=C/c1cc(C[C@]2([C@H](CC(C)C)NC(=O)OC(C)(C)C)OC(C)(C)OC2=O)ncc1C. The van der Waals surface area contributed by atoms with Gasteiger partial charge in [-0.3, -0.25) is 4.98 Å². The topological polar surface area (TPSA) is 86.8 Å². The zero-order valence-corrected chi connectivity index (χ0v) is 23.0. The smallest absolute Gasteiger partial charge is 0.407 e. The van der Waals surface area contributed by atoms with E-state index in [1.54, 1.807) is 34.6 Å². The van der Waals surface area contributed by atoms with E-state index in [0.29, 0.717) is 12.1 Å². The Bertz CT molecular complexity index is 916. The molecule has 1 N–H and O–H groups in total. The molecule has 2 heterocycles. The van der Waals surface area contributed by atoms with Crippen molar-refractivity contribution < 1.29 is 23.8 Å². The number of esters is 1. The number of allylic oxidation sites excluding steroid dienone is 1. The monoisotopic (exact) mass is 488 g/mol. The van der Waals surface area contributed by atoms with Crippen LogP contribution in [0.15, 0.2) is 18.3 Å². The largest absolute Gasteiger partial charge is 0.444 e. The first kappa shape index (κ1) is 28.8. The van der Waals surface area contributed by atoms with Gasteiger partial charge in [0.25, 0.3) is 0 Å². The molecule has 2 atom stereocenters. The molecule has 1 saturated heterocycles. The lowest BCUT2D eigenvalue weighted by molar-refractivity contribution is -0.170. The van der Waals surface area contributed by atoms with Crippen molar-refractivity contribution >= 4 is 18.1 Å². The number of carbonyl (C=O) groups is 2. The molecular weight excluding hydrogens is 444 g/mol. The van der Waals surface area contributed by atoms with Crippen molar-refractivity contribution in [2.45, 2.75) is 117 Å². The van der Waals surface area contributed by atoms with Crippen LogP contribution in [0, 0.1) is 12.8 Å². The second-order valence-electron chi connectivity index (χ2n) is 11.4. The summed E-state index contributed by atoms with van der Waals surface area (Å²) in [5.41, 5.74) is 0.688. The van der Waals surface area contributed by atoms with Gasteiger partial charge in [0.2, 0.25) is 5.79 Å². The van der Waals surface area contributed by atoms with Gasteiger partial charge >= 0.3 is 12.1 Å². The minimum atomic E-state index is -1.43. The number of nitrogens with one attached hydrogen (secondary N) is 1. The van der Waals surface area contributed by atoms with Gasteiger partial charge in [0, 0.05) is 32.2 Å². The van der Waals surface area contributed by atoms with Crippen LogP contribution < -0.4 is 5.32 Å². The summed E-state index contributed by atoms with van der Waals surface area (Å²) in [6.45, 7) is 17.1. The van der Waals surface area contributed by atoms with Crippen LogP contribution in [0.3, 0.4) is 0 Å². The predicted octanol–water partition coefficient (Wildman–Crippen LogP) is 6.12. The number of nitrogens with zero attached hydrogens (tertiary/aromatic N) is 1. The first-order valence-electron chi connectivity index (χ1n) is 12.7. The van der Waals surface area contributed by atoms with E-state index in [9.17, 15) is 9.59 Å². The van der Waals surface area contributed by atoms with E-state index in [0.717, 1.165) is 30.4 Å². The Hall–Kier alpha value is -2.41. The number of unbranched alkanes of at least 4 members (excludes halogenated alkanes) is 2. The zero-order valence-electron chi connectivity index (χ0n) is 23.0. The molecule has 0 aliphatic carbocycles. The van der Waals surface area contributed by atoms with Crippen LogP contribution in [0.4, 0.5) is 4.79 Å². The van der Waals surface area contributed by atoms with Crippen molar-refractivity contribution in [3.63, 3.8) is 0 Å². The highest BCUT2D eigenvalue weighted by atomic mass is 16.8. The predicted molar refractivity (Wildman–Crippen MR) is 138 cm³/mol. The summed E-state index contributed by atoms with van der Waals surface area (Å²) in [5, 5.41) is 2.92. The second-order valence-corrected chi connectivity index (χ2v) is 11.4. The van der Waals surface area contributed by atoms with Crippen LogP contribution in [0.25, 0.3) is 6.08 Å². The molecule has 7 nitrogen and oxygen atoms in total. The molecule has 1 fully saturated rings. The van der Waals surface area contributed by atoms with Crippen LogP contribution in [0.1, 0.15) is 97.9 Å². The number of rotatable bonds is 10. The molecule has 0 bridgehead atoms. The van der Waals surface area contributed by atoms with Crippen LogP contribution in [-0.4, -0.2) is 40.1 Å². The van der Waals surface area contributed by atoms with Crippen molar-refractivity contribution in [3.8, 4) is 0 Å². The molecule has 1 amide bonds. The van der Waals surface area contributed by atoms with Gasteiger partial charge in [-0.2, -0.15) is 0 Å². The number of alkyl carbamates (subject to hydrolysis) is 1. The minimum absolute atomic E-state index is 0.165. The Balaban J connectivity index is 2.46. The number of amides is 1. The quantitative estimate of drug-likeness (QED) is 0.315. The summed E-state index contributed by atoms with van der Waals surface area (Å²) in [7, 11) is 0. The Morgan fingerprint density at radius 2 is 1.97 bits per heavy atom. The van der Waals surface area contributed by atoms with Gasteiger partial charge in [-0.25, -0.2) is 9.59 Å². The van der Waals surface area contributed by atoms with Crippen LogP contribution in [0.2, 0.25) is 0 Å². The molecule has 196 valence electrons. The summed E-state index contributed by atoms with van der Waals surface area (Å²) in [6, 6.07) is 1.32. The summed E-state index contributed by atoms with van der Waals surface area (Å²) in [6.07, 6.45) is 9.44. The van der Waals surface area contributed by atoms with E-state index >= 15 is 0 Å². The van der Waals surface area contributed by atoms with Crippen LogP contribution in [0.5, 0.6) is 0 Å². The number of ether oxygens (including phenoxy) is 3. The molecule has 2 rings (SSSR count). The number of hydrogen-bond acceptors (Lipinski definition) is 6. The number of cyclic esters (lactones) is 1. The van der Waals surface area contributed by atoms with E-state index in [1.165, 1.54) is 0 Å². The number of aryl methyl sites for hydroxylation is 1. The van der Waals surface area contributed by atoms with E-state index in [4.69, 9.17) is 14.2 Å². The van der Waals surface area contributed by atoms with E-state index < -0.39 is 35.1 Å². The molecule has 0 radical (unpaired) electrons. The van der Waals surface area contributed by atoms with Crippen molar-refractivity contribution in [2.24, 2.45) is 5.92 Å². The van der Waals surface area contributed by atoms with Crippen molar-refractivity contribution in [3.05, 3.63) is 35.2 Å². The molecule has 0 unspecified atom stereocenters. The Morgan fingerprint density at radius 3 is 2.51 bits per heavy atom. The van der Waals surface area contributed by atoms with Crippen LogP contribution in [-0.2, 0) is 25.4 Å². The highest BCUT2D eigenvalue weighted by Gasteiger charge is 2.59. The van der Waals surface area contributed by atoms with Gasteiger partial charge in [-0.1, -0.05) is 45.8 Å². The number of aromatic nitrogens is 1. The van der Waals surface area contributed by atoms with Gasteiger partial charge in [-0.05, 0) is 63.6 Å². The average molecular weight is 489 g/mol. The standard InChI is InChI=1S/C28H44N2O5/c1-10-11-12-13-14-21-16-22(29-18-20(21)4)17-28(24(31)33-27(8,9)35-28)23(15-19(2)3)30-25(32)34-26(5,6)7/h13-14,16,18-19,23H,10-12,15,17H2,1-9H3,(H,30,32)/b14-13+/t23-,28+/m0/s1. The molecule has 0 saturated carbocycles. The average Bonchev–Trinajstić information content (AvgIpc) is 2.93. The fourth-order valence-electron chi connectivity index (χ4n) is 4.21. The summed E-state index contributed by atoms with van der Waals surface area (Å²) in [4.78, 5) is 30.8. The van der Waals surface area contributed by atoms with Crippen molar-refractivity contribution in [1.29, 1.82) is 0 Å². The van der Waals surface area contributed by atoms with Crippen molar-refractivity contribution in [2.75, 3.05) is 0 Å². The van der Waals surface area contributed by atoms with Crippen molar-refractivity contribution in [1.82, 2.24) is 10.3 Å². The second kappa shape index (κ2) is 11.5. The maximum atomic E-state index is 13.4. The zero-order chi connectivity index (χ0) is 26.4. The first-order valence-corrected chi connectivity index (χ1v) is 12.7. The molecule has 1 aliphatic rings. The normalized spacial score (nSPS) is 20.8. The lowest BCUT2D eigenvalue weighted by Crippen LogP contribution is -2.59. The molecule has 1 aromatic heterocycles. The number of pyridine rings is 1. The lowest BCUT2D eigenvalue weighted by Gasteiger charge is -2.36. The molecule has 0 spiro atoms. The van der Waals surface area contributed by atoms with Gasteiger partial charge in [0.05, 0.1) is 6.04 Å². The number of carbonyl (C=O) groups excluding carboxylic acids is 2. The third-order valence-corrected chi connectivity index (χ3v) is 5.74. The van der Waals surface area contributed by atoms with Crippen LogP contribution >= 0.6 is 0 Å². The molecule has 1 aromatic rings. The van der Waals surface area contributed by atoms with E-state index in [2.05, 4.69) is 29.4 Å². The molecule has 1 aliphatic heterocycles. The van der Waals surface area contributed by atoms with Gasteiger partial charge in [0.1, 0.15) is 5.60 Å². The third-order valence-electron chi connectivity index (χ3n) is 5.74.